The van der Waals surface area contributed by atoms with Crippen molar-refractivity contribution in [2.45, 2.75) is 36.7 Å². The zero-order chi connectivity index (χ0) is 15.9. The summed E-state index contributed by atoms with van der Waals surface area (Å²) in [5, 5.41) is 11.6. The van der Waals surface area contributed by atoms with E-state index in [-0.39, 0.29) is 19.4 Å². The maximum atomic E-state index is 11.7. The van der Waals surface area contributed by atoms with Gasteiger partial charge in [-0.1, -0.05) is 30.3 Å². The normalized spacial score (nSPS) is 13.5. The fourth-order valence-electron chi connectivity index (χ4n) is 1.61. The van der Waals surface area contributed by atoms with E-state index in [9.17, 15) is 14.7 Å². The molecule has 0 aromatic heterocycles. The molecule has 0 heterocycles. The van der Waals surface area contributed by atoms with Crippen LogP contribution in [0.1, 0.15) is 25.3 Å². The van der Waals surface area contributed by atoms with Gasteiger partial charge in [-0.15, -0.1) is 23.2 Å². The van der Waals surface area contributed by atoms with E-state index < -0.39 is 22.4 Å². The molecule has 0 radical (unpaired) electrons. The molecule has 0 saturated carbocycles. The monoisotopic (exact) mass is 333 g/mol. The third kappa shape index (κ3) is 6.23. The van der Waals surface area contributed by atoms with Crippen molar-refractivity contribution in [3.05, 3.63) is 35.9 Å². The summed E-state index contributed by atoms with van der Waals surface area (Å²) >= 11 is 11.2. The highest BCUT2D eigenvalue weighted by Gasteiger charge is 2.35. The second-order valence-corrected chi connectivity index (χ2v) is 6.03. The van der Waals surface area contributed by atoms with Crippen molar-refractivity contribution in [1.82, 2.24) is 5.32 Å². The number of aliphatic carboxylic acids is 1. The summed E-state index contributed by atoms with van der Waals surface area (Å²) in [6, 6.07) is 9.09. The number of hydrogen-bond donors (Lipinski definition) is 2. The highest BCUT2D eigenvalue weighted by molar-refractivity contribution is 6.44. The number of benzene rings is 1. The maximum Gasteiger partial charge on any atom is 0.408 e. The van der Waals surface area contributed by atoms with Crippen LogP contribution in [0.5, 0.6) is 0 Å². The van der Waals surface area contributed by atoms with Gasteiger partial charge in [0.25, 0.3) is 0 Å². The fraction of sp³-hybridized carbons (Fsp3) is 0.429. The Morgan fingerprint density at radius 3 is 2.48 bits per heavy atom. The molecule has 1 rings (SSSR count). The van der Waals surface area contributed by atoms with E-state index in [0.29, 0.717) is 0 Å². The quantitative estimate of drug-likeness (QED) is 0.750. The molecule has 2 N–H and O–H groups in total. The summed E-state index contributed by atoms with van der Waals surface area (Å²) in [4.78, 5) is 22.3. The molecular formula is C14H17Cl2NO4. The maximum absolute atomic E-state index is 11.7. The minimum absolute atomic E-state index is 0.0655. The summed E-state index contributed by atoms with van der Waals surface area (Å²) in [7, 11) is 0. The summed E-state index contributed by atoms with van der Waals surface area (Å²) in [5.41, 5.74) is -0.665. The van der Waals surface area contributed by atoms with Gasteiger partial charge in [0, 0.05) is 0 Å². The number of carbonyl (C=O) groups is 2. The molecule has 1 aromatic carbocycles. The van der Waals surface area contributed by atoms with Gasteiger partial charge in [-0.25, -0.2) is 9.59 Å². The third-order valence-corrected chi connectivity index (χ3v) is 3.36. The van der Waals surface area contributed by atoms with Gasteiger partial charge < -0.3 is 15.2 Å². The van der Waals surface area contributed by atoms with Crippen molar-refractivity contribution in [3.63, 3.8) is 0 Å². The Labute approximate surface area is 133 Å². The molecule has 1 aromatic rings. The van der Waals surface area contributed by atoms with E-state index in [2.05, 4.69) is 5.32 Å². The lowest BCUT2D eigenvalue weighted by Gasteiger charge is -2.26. The van der Waals surface area contributed by atoms with Crippen molar-refractivity contribution in [1.29, 1.82) is 0 Å². The number of carbonyl (C=O) groups excluding carboxylic acids is 1. The van der Waals surface area contributed by atoms with Gasteiger partial charge in [-0.2, -0.15) is 0 Å². The SMILES string of the molecule is C[C@@](CCC(Cl)Cl)(NC(=O)OCc1ccccc1)C(=O)O. The molecule has 0 saturated heterocycles. The van der Waals surface area contributed by atoms with Crippen LogP contribution in [0, 0.1) is 0 Å². The number of carboxylic acids is 1. The van der Waals surface area contributed by atoms with E-state index in [1.807, 2.05) is 18.2 Å². The van der Waals surface area contributed by atoms with Crippen LogP contribution in [0.2, 0.25) is 0 Å². The van der Waals surface area contributed by atoms with E-state index >= 15 is 0 Å². The lowest BCUT2D eigenvalue weighted by atomic mass is 9.96. The highest BCUT2D eigenvalue weighted by Crippen LogP contribution is 2.19. The van der Waals surface area contributed by atoms with Crippen molar-refractivity contribution < 1.29 is 19.4 Å². The molecule has 0 aliphatic heterocycles. The number of rotatable bonds is 7. The topological polar surface area (TPSA) is 75.6 Å². The second-order valence-electron chi connectivity index (χ2n) is 4.75. The van der Waals surface area contributed by atoms with Crippen molar-refractivity contribution in [2.75, 3.05) is 0 Å². The first-order chi connectivity index (χ1) is 9.83. The molecule has 1 amide bonds. The van der Waals surface area contributed by atoms with Gasteiger partial charge in [0.15, 0.2) is 0 Å². The molecule has 116 valence electrons. The number of nitrogens with one attached hydrogen (secondary N) is 1. The van der Waals surface area contributed by atoms with E-state index in [1.165, 1.54) is 6.92 Å². The van der Waals surface area contributed by atoms with Gasteiger partial charge in [0.1, 0.15) is 17.0 Å². The van der Waals surface area contributed by atoms with E-state index in [4.69, 9.17) is 27.9 Å². The number of alkyl halides is 2. The van der Waals surface area contributed by atoms with Crippen molar-refractivity contribution in [2.24, 2.45) is 0 Å². The molecule has 5 nitrogen and oxygen atoms in total. The molecule has 0 aliphatic rings. The molecule has 0 unspecified atom stereocenters. The zero-order valence-electron chi connectivity index (χ0n) is 11.5. The minimum atomic E-state index is -1.48. The summed E-state index contributed by atoms with van der Waals surface area (Å²) < 4.78 is 5.00. The number of ether oxygens (including phenoxy) is 1. The van der Waals surface area contributed by atoms with Crippen molar-refractivity contribution >= 4 is 35.3 Å². The van der Waals surface area contributed by atoms with Crippen LogP contribution >= 0.6 is 23.2 Å². The van der Waals surface area contributed by atoms with Gasteiger partial charge in [0.05, 0.1) is 0 Å². The predicted octanol–water partition coefficient (Wildman–Crippen LogP) is 3.34. The average Bonchev–Trinajstić information content (AvgIpc) is 2.44. The number of alkyl carbamates (subject to hydrolysis) is 1. The minimum Gasteiger partial charge on any atom is -0.480 e. The summed E-state index contributed by atoms with van der Waals surface area (Å²) in [6.07, 6.45) is -0.463. The van der Waals surface area contributed by atoms with Crippen molar-refractivity contribution in [3.8, 4) is 0 Å². The largest absolute Gasteiger partial charge is 0.480 e. The first-order valence-electron chi connectivity index (χ1n) is 6.34. The van der Waals surface area contributed by atoms with Crippen LogP contribution in [0.15, 0.2) is 30.3 Å². The highest BCUT2D eigenvalue weighted by atomic mass is 35.5. The molecule has 1 atom stereocenters. The Hall–Kier alpha value is -1.46. The third-order valence-electron chi connectivity index (χ3n) is 2.93. The second kappa shape index (κ2) is 8.10. The van der Waals surface area contributed by atoms with Gasteiger partial charge in [-0.05, 0) is 25.3 Å². The van der Waals surface area contributed by atoms with E-state index in [0.717, 1.165) is 5.56 Å². The van der Waals surface area contributed by atoms with Crippen LogP contribution in [-0.4, -0.2) is 27.5 Å². The number of halogens is 2. The zero-order valence-corrected chi connectivity index (χ0v) is 13.0. The van der Waals surface area contributed by atoms with Crippen LogP contribution in [0.25, 0.3) is 0 Å². The molecule has 21 heavy (non-hydrogen) atoms. The Morgan fingerprint density at radius 2 is 1.95 bits per heavy atom. The van der Waals surface area contributed by atoms with Crippen LogP contribution in [-0.2, 0) is 16.1 Å². The van der Waals surface area contributed by atoms with E-state index in [1.54, 1.807) is 12.1 Å². The number of amides is 1. The standard InChI is InChI=1S/C14H17Cl2NO4/c1-14(12(18)19,8-7-11(15)16)17-13(20)21-9-10-5-3-2-4-6-10/h2-6,11H,7-9H2,1H3,(H,17,20)(H,18,19)/t14-/m0/s1. The Kier molecular flexibility index (Phi) is 6.78. The fourth-order valence-corrected chi connectivity index (χ4v) is 1.82. The number of hydrogen-bond acceptors (Lipinski definition) is 3. The summed E-state index contributed by atoms with van der Waals surface area (Å²) in [6.45, 7) is 1.45. The Morgan fingerprint density at radius 1 is 1.33 bits per heavy atom. The molecule has 0 aliphatic carbocycles. The van der Waals surface area contributed by atoms with Gasteiger partial charge >= 0.3 is 12.1 Å². The summed E-state index contributed by atoms with van der Waals surface area (Å²) in [5.74, 6) is -1.17. The smallest absolute Gasteiger partial charge is 0.408 e. The average molecular weight is 334 g/mol. The van der Waals surface area contributed by atoms with Crippen LogP contribution in [0.4, 0.5) is 4.79 Å². The van der Waals surface area contributed by atoms with Crippen LogP contribution in [0.3, 0.4) is 0 Å². The molecular weight excluding hydrogens is 317 g/mol. The molecule has 7 heteroatoms. The lowest BCUT2D eigenvalue weighted by Crippen LogP contribution is -2.52. The Balaban J connectivity index is 2.54. The first-order valence-corrected chi connectivity index (χ1v) is 7.21. The van der Waals surface area contributed by atoms with Gasteiger partial charge in [0.2, 0.25) is 0 Å². The number of carboxylic acid groups (broad SMARTS) is 1. The Bertz CT molecular complexity index is 481. The molecule has 0 bridgehead atoms. The lowest BCUT2D eigenvalue weighted by molar-refractivity contribution is -0.144. The van der Waals surface area contributed by atoms with Crippen LogP contribution < -0.4 is 5.32 Å². The first kappa shape index (κ1) is 17.6. The predicted molar refractivity (Wildman–Crippen MR) is 80.5 cm³/mol. The molecule has 0 fully saturated rings. The van der Waals surface area contributed by atoms with Gasteiger partial charge in [-0.3, -0.25) is 0 Å². The molecule has 0 spiro atoms.